The summed E-state index contributed by atoms with van der Waals surface area (Å²) in [5.74, 6) is 0. The lowest BCUT2D eigenvalue weighted by atomic mass is 10.1. The smallest absolute Gasteiger partial charge is 0.273 e. The fraction of sp³-hybridized carbons (Fsp3) is 0.200. The Kier molecular flexibility index (Phi) is 8.23. The summed E-state index contributed by atoms with van der Waals surface area (Å²) >= 11 is 9.24. The number of nitrogens with zero attached hydrogens (tertiary/aromatic N) is 2. The van der Waals surface area contributed by atoms with Gasteiger partial charge in [-0.1, -0.05) is 79.5 Å². The number of hydrogen-bond donors (Lipinski definition) is 0. The molecule has 0 N–H and O–H groups in total. The molecule has 2 aromatic carbocycles. The molecule has 0 radical (unpaired) electrons. The molecule has 0 spiro atoms. The van der Waals surface area contributed by atoms with Crippen molar-refractivity contribution < 1.29 is 8.98 Å². The first-order chi connectivity index (χ1) is 13.5. The highest BCUT2D eigenvalue weighted by Crippen LogP contribution is 2.39. The predicted molar refractivity (Wildman–Crippen MR) is 123 cm³/mol. The van der Waals surface area contributed by atoms with Crippen molar-refractivity contribution in [1.29, 1.82) is 0 Å². The highest BCUT2D eigenvalue weighted by molar-refractivity contribution is 9.11. The van der Waals surface area contributed by atoms with E-state index in [1.54, 1.807) is 12.5 Å². The van der Waals surface area contributed by atoms with Crippen LogP contribution in [0.3, 0.4) is 0 Å². The quantitative estimate of drug-likeness (QED) is 0.296. The fourth-order valence-corrected chi connectivity index (χ4v) is 5.74. The highest BCUT2D eigenvalue weighted by Gasteiger charge is 2.21. The van der Waals surface area contributed by atoms with Gasteiger partial charge in [-0.05, 0) is 30.2 Å². The molecule has 1 atom stereocenters. The van der Waals surface area contributed by atoms with Gasteiger partial charge in [-0.25, -0.2) is 4.98 Å². The standard InChI is InChI=1S/C20H18Br2N2O2S2/c1-14-2-4-15(5-3-14)12-26-28-20(25)27-19(11-24-9-8-23-13-24)17-7-6-16(21)10-18(17)22/h2-10,13,19H,11-12H2,1H3. The number of benzene rings is 2. The van der Waals surface area contributed by atoms with E-state index < -0.39 is 0 Å². The van der Waals surface area contributed by atoms with Crippen molar-refractivity contribution in [2.45, 2.75) is 25.3 Å². The molecule has 0 saturated carbocycles. The van der Waals surface area contributed by atoms with Gasteiger partial charge in [0, 0.05) is 27.9 Å². The molecule has 1 heterocycles. The van der Waals surface area contributed by atoms with Crippen LogP contribution in [-0.2, 0) is 17.3 Å². The monoisotopic (exact) mass is 540 g/mol. The summed E-state index contributed by atoms with van der Waals surface area (Å²) in [4.78, 5) is 16.6. The minimum Gasteiger partial charge on any atom is -0.336 e. The molecule has 4 nitrogen and oxygen atoms in total. The molecule has 28 heavy (non-hydrogen) atoms. The zero-order valence-corrected chi connectivity index (χ0v) is 19.9. The van der Waals surface area contributed by atoms with Crippen molar-refractivity contribution in [2.24, 2.45) is 0 Å². The normalized spacial score (nSPS) is 12.1. The number of aromatic nitrogens is 2. The summed E-state index contributed by atoms with van der Waals surface area (Å²) in [6.45, 7) is 3.07. The van der Waals surface area contributed by atoms with Crippen LogP contribution < -0.4 is 0 Å². The number of hydrogen-bond acceptors (Lipinski definition) is 5. The van der Waals surface area contributed by atoms with Crippen molar-refractivity contribution in [1.82, 2.24) is 9.55 Å². The predicted octanol–water partition coefficient (Wildman–Crippen LogP) is 7.18. The summed E-state index contributed by atoms with van der Waals surface area (Å²) < 4.78 is 9.38. The third kappa shape index (κ3) is 6.49. The van der Waals surface area contributed by atoms with E-state index in [0.29, 0.717) is 13.2 Å². The Bertz CT molecular complexity index is 918. The van der Waals surface area contributed by atoms with Gasteiger partial charge in [0.1, 0.15) is 0 Å². The largest absolute Gasteiger partial charge is 0.336 e. The maximum Gasteiger partial charge on any atom is 0.273 e. The number of rotatable bonds is 7. The van der Waals surface area contributed by atoms with Crippen molar-refractivity contribution in [2.75, 3.05) is 0 Å². The zero-order chi connectivity index (χ0) is 19.9. The molecule has 0 fully saturated rings. The van der Waals surface area contributed by atoms with Gasteiger partial charge in [0.25, 0.3) is 4.45 Å². The average Bonchev–Trinajstić information content (AvgIpc) is 3.16. The van der Waals surface area contributed by atoms with E-state index >= 15 is 0 Å². The van der Waals surface area contributed by atoms with E-state index in [1.807, 2.05) is 60.2 Å². The fourth-order valence-electron chi connectivity index (χ4n) is 2.51. The van der Waals surface area contributed by atoms with Crippen LogP contribution in [0.15, 0.2) is 70.1 Å². The van der Waals surface area contributed by atoms with Crippen LogP contribution in [0.25, 0.3) is 0 Å². The molecule has 0 saturated heterocycles. The van der Waals surface area contributed by atoms with Crippen molar-refractivity contribution in [3.8, 4) is 0 Å². The van der Waals surface area contributed by atoms with Crippen LogP contribution in [0.1, 0.15) is 21.9 Å². The second kappa shape index (κ2) is 10.6. The molecule has 0 amide bonds. The first kappa shape index (κ1) is 21.6. The maximum atomic E-state index is 12.5. The highest BCUT2D eigenvalue weighted by atomic mass is 79.9. The molecule has 0 aliphatic heterocycles. The minimum absolute atomic E-state index is 0.0698. The summed E-state index contributed by atoms with van der Waals surface area (Å²) in [7, 11) is 0. The van der Waals surface area contributed by atoms with Gasteiger partial charge in [-0.2, -0.15) is 0 Å². The lowest BCUT2D eigenvalue weighted by Gasteiger charge is -2.18. The van der Waals surface area contributed by atoms with Gasteiger partial charge in [0.15, 0.2) is 0 Å². The van der Waals surface area contributed by atoms with E-state index in [9.17, 15) is 4.79 Å². The molecule has 8 heteroatoms. The number of imidazole rings is 1. The lowest BCUT2D eigenvalue weighted by molar-refractivity contribution is 0.273. The van der Waals surface area contributed by atoms with Gasteiger partial charge in [0.2, 0.25) is 0 Å². The third-order valence-corrected chi connectivity index (χ3v) is 6.88. The van der Waals surface area contributed by atoms with Crippen molar-refractivity contribution >= 4 is 60.1 Å². The summed E-state index contributed by atoms with van der Waals surface area (Å²) in [5.41, 5.74) is 3.29. The molecule has 3 rings (SSSR count). The minimum atomic E-state index is -0.0768. The molecule has 146 valence electrons. The first-order valence-electron chi connectivity index (χ1n) is 8.47. The Balaban J connectivity index is 1.63. The third-order valence-electron chi connectivity index (χ3n) is 3.96. The van der Waals surface area contributed by atoms with Crippen LogP contribution >= 0.6 is 55.7 Å². The van der Waals surface area contributed by atoms with Crippen molar-refractivity contribution in [3.63, 3.8) is 0 Å². The molecule has 0 aliphatic carbocycles. The molecular weight excluding hydrogens is 524 g/mol. The van der Waals surface area contributed by atoms with Crippen LogP contribution in [0, 0.1) is 6.92 Å². The topological polar surface area (TPSA) is 44.1 Å². The van der Waals surface area contributed by atoms with Crippen LogP contribution in [0.4, 0.5) is 4.79 Å². The van der Waals surface area contributed by atoms with E-state index in [-0.39, 0.29) is 9.70 Å². The molecule has 3 aromatic rings. The second-order valence-electron chi connectivity index (χ2n) is 6.11. The SMILES string of the molecule is Cc1ccc(COSC(=O)SC(Cn2ccnc2)c2ccc(Br)cc2Br)cc1. The zero-order valence-electron chi connectivity index (χ0n) is 15.0. The molecule has 0 aliphatic rings. The Morgan fingerprint density at radius 1 is 1.21 bits per heavy atom. The Morgan fingerprint density at radius 3 is 2.68 bits per heavy atom. The number of carbonyl (C=O) groups is 1. The average molecular weight is 542 g/mol. The first-order valence-corrected chi connectivity index (χ1v) is 11.7. The summed E-state index contributed by atoms with van der Waals surface area (Å²) in [5, 5.41) is -0.0698. The van der Waals surface area contributed by atoms with E-state index in [1.165, 1.54) is 17.3 Å². The van der Waals surface area contributed by atoms with Gasteiger partial charge >= 0.3 is 0 Å². The van der Waals surface area contributed by atoms with Gasteiger partial charge in [0.05, 0.1) is 30.2 Å². The Hall–Kier alpha value is -1.06. The maximum absolute atomic E-state index is 12.5. The van der Waals surface area contributed by atoms with Crippen LogP contribution in [-0.4, -0.2) is 14.0 Å². The number of thioether (sulfide) groups is 1. The molecule has 1 unspecified atom stereocenters. The molecule has 0 bridgehead atoms. The van der Waals surface area contributed by atoms with Crippen LogP contribution in [0.2, 0.25) is 0 Å². The molecule has 1 aromatic heterocycles. The number of halogens is 2. The van der Waals surface area contributed by atoms with Gasteiger partial charge in [-0.3, -0.25) is 4.79 Å². The second-order valence-corrected chi connectivity index (χ2v) is 10.1. The Morgan fingerprint density at radius 2 is 2.00 bits per heavy atom. The summed E-state index contributed by atoms with van der Waals surface area (Å²) in [6, 6.07) is 14.1. The Labute approximate surface area is 189 Å². The molecular formula is C20H18Br2N2O2S2. The van der Waals surface area contributed by atoms with Gasteiger partial charge in [-0.15, -0.1) is 0 Å². The lowest BCUT2D eigenvalue weighted by Crippen LogP contribution is -2.07. The van der Waals surface area contributed by atoms with E-state index in [2.05, 4.69) is 36.8 Å². The van der Waals surface area contributed by atoms with E-state index in [0.717, 1.165) is 32.1 Å². The number of carbonyl (C=O) groups excluding carboxylic acids is 1. The summed E-state index contributed by atoms with van der Waals surface area (Å²) in [6.07, 6.45) is 5.39. The van der Waals surface area contributed by atoms with E-state index in [4.69, 9.17) is 4.18 Å². The van der Waals surface area contributed by atoms with Crippen LogP contribution in [0.5, 0.6) is 0 Å². The number of aryl methyl sites for hydroxylation is 1. The van der Waals surface area contributed by atoms with Gasteiger partial charge < -0.3 is 8.75 Å². The van der Waals surface area contributed by atoms with Crippen molar-refractivity contribution in [3.05, 3.63) is 86.8 Å².